The summed E-state index contributed by atoms with van der Waals surface area (Å²) >= 11 is 0. The van der Waals surface area contributed by atoms with E-state index in [1.807, 2.05) is 0 Å². The third-order valence-corrected chi connectivity index (χ3v) is 0.118. The molecule has 0 bridgehead atoms. The Hall–Kier alpha value is 0.137. The summed E-state index contributed by atoms with van der Waals surface area (Å²) in [7, 11) is 2.99. The van der Waals surface area contributed by atoms with Crippen LogP contribution in [0.5, 0.6) is 0 Å². The molecule has 5 heavy (non-hydrogen) atoms. The van der Waals surface area contributed by atoms with Crippen molar-refractivity contribution in [1.29, 1.82) is 0 Å². The average Bonchev–Trinajstić information content (AvgIpc) is 1.37. The van der Waals surface area contributed by atoms with E-state index in [2.05, 4.69) is 18.4 Å². The number of ether oxygens (including phenoxy) is 1. The van der Waals surface area contributed by atoms with Crippen LogP contribution in [0.2, 0.25) is 0 Å². The molecule has 0 N–H and O–H groups in total. The largest absolute Gasteiger partial charge is 1.00 e. The quantitative estimate of drug-likeness (QED) is 0.193. The summed E-state index contributed by atoms with van der Waals surface area (Å²) in [4.78, 5) is 0. The molecule has 0 aromatic rings. The Morgan fingerprint density at radius 3 is 2.00 bits per heavy atom. The van der Waals surface area contributed by atoms with Crippen LogP contribution in [0.25, 0.3) is 0 Å². The molecule has 0 unspecified atom stereocenters. The first-order valence-corrected chi connectivity index (χ1v) is 0.933. The average molecular weight is 64.0 g/mol. The second-order valence-electron chi connectivity index (χ2n) is 0.333. The van der Waals surface area contributed by atoms with Gasteiger partial charge in [-0.05, 0) is 0 Å². The van der Waals surface area contributed by atoms with Gasteiger partial charge in [-0.2, -0.15) is 7.11 Å². The molecule has 0 aromatic heterocycles. The van der Waals surface area contributed by atoms with E-state index >= 15 is 0 Å². The zero-order chi connectivity index (χ0) is 3.41. The summed E-state index contributed by atoms with van der Waals surface area (Å²) in [6, 6.07) is 0. The first-order chi connectivity index (χ1) is 1.91. The first kappa shape index (κ1) is 8.93. The smallest absolute Gasteiger partial charge is 0.671 e. The molecule has 0 aliphatic carbocycles. The molecule has 2 heteroatoms. The molecule has 0 heterocycles. The van der Waals surface area contributed by atoms with Crippen molar-refractivity contribution < 1.29 is 23.6 Å². The molecule has 0 aliphatic heterocycles. The van der Waals surface area contributed by atoms with Crippen molar-refractivity contribution in [2.45, 2.75) is 0 Å². The molecule has 0 spiro atoms. The molecule has 0 saturated heterocycles. The Morgan fingerprint density at radius 1 is 1.80 bits per heavy atom. The van der Waals surface area contributed by atoms with Crippen molar-refractivity contribution in [3.05, 3.63) is 20.0 Å². The SMILES string of the molecule is C=CO[CH2-].[Li+]. The number of rotatable bonds is 1. The van der Waals surface area contributed by atoms with Gasteiger partial charge in [0.1, 0.15) is 0 Å². The Morgan fingerprint density at radius 2 is 2.00 bits per heavy atom. The predicted molar refractivity (Wildman–Crippen MR) is 16.6 cm³/mol. The van der Waals surface area contributed by atoms with Gasteiger partial charge in [0, 0.05) is 6.26 Å². The van der Waals surface area contributed by atoms with Crippen LogP contribution in [-0.2, 0) is 4.74 Å². The zero-order valence-corrected chi connectivity index (χ0v) is 3.40. The maximum atomic E-state index is 4.06. The van der Waals surface area contributed by atoms with Crippen molar-refractivity contribution in [2.24, 2.45) is 0 Å². The summed E-state index contributed by atoms with van der Waals surface area (Å²) in [6.45, 7) is 3.19. The van der Waals surface area contributed by atoms with E-state index in [0.717, 1.165) is 0 Å². The van der Waals surface area contributed by atoms with Crippen molar-refractivity contribution in [3.63, 3.8) is 0 Å². The van der Waals surface area contributed by atoms with Crippen molar-refractivity contribution in [3.8, 4) is 0 Å². The Balaban J connectivity index is 0. The third kappa shape index (κ3) is 14.6. The summed E-state index contributed by atoms with van der Waals surface area (Å²) in [5.41, 5.74) is 0. The summed E-state index contributed by atoms with van der Waals surface area (Å²) in [5, 5.41) is 0. The van der Waals surface area contributed by atoms with Gasteiger partial charge < -0.3 is 4.74 Å². The van der Waals surface area contributed by atoms with E-state index in [-0.39, 0.29) is 18.9 Å². The van der Waals surface area contributed by atoms with E-state index in [4.69, 9.17) is 0 Å². The molecule has 0 saturated carbocycles. The summed E-state index contributed by atoms with van der Waals surface area (Å²) < 4.78 is 4.06. The molecule has 0 aliphatic rings. The minimum atomic E-state index is 0. The van der Waals surface area contributed by atoms with Crippen molar-refractivity contribution in [2.75, 3.05) is 0 Å². The third-order valence-electron chi connectivity index (χ3n) is 0.118. The van der Waals surface area contributed by atoms with Gasteiger partial charge in [0.25, 0.3) is 0 Å². The van der Waals surface area contributed by atoms with E-state index in [9.17, 15) is 0 Å². The fourth-order valence-electron chi connectivity index (χ4n) is 0. The van der Waals surface area contributed by atoms with Crippen LogP contribution in [0.15, 0.2) is 12.8 Å². The fourth-order valence-corrected chi connectivity index (χ4v) is 0. The second-order valence-corrected chi connectivity index (χ2v) is 0.333. The van der Waals surface area contributed by atoms with Gasteiger partial charge in [-0.1, -0.05) is 6.58 Å². The van der Waals surface area contributed by atoms with Crippen LogP contribution in [0, 0.1) is 7.11 Å². The van der Waals surface area contributed by atoms with Crippen LogP contribution in [0.1, 0.15) is 0 Å². The van der Waals surface area contributed by atoms with E-state index in [1.54, 1.807) is 0 Å². The van der Waals surface area contributed by atoms with E-state index in [0.29, 0.717) is 0 Å². The van der Waals surface area contributed by atoms with Crippen LogP contribution in [0.3, 0.4) is 0 Å². The molecule has 0 fully saturated rings. The predicted octanol–water partition coefficient (Wildman–Crippen LogP) is -2.06. The molecule has 0 aromatic carbocycles. The van der Waals surface area contributed by atoms with Crippen molar-refractivity contribution >= 4 is 0 Å². The number of hydrogen-bond donors (Lipinski definition) is 0. The van der Waals surface area contributed by atoms with Crippen LogP contribution in [-0.4, -0.2) is 0 Å². The van der Waals surface area contributed by atoms with Crippen molar-refractivity contribution in [1.82, 2.24) is 0 Å². The zero-order valence-electron chi connectivity index (χ0n) is 3.40. The summed E-state index contributed by atoms with van der Waals surface area (Å²) in [6.07, 6.45) is 1.26. The topological polar surface area (TPSA) is 9.23 Å². The van der Waals surface area contributed by atoms with Crippen LogP contribution < -0.4 is 18.9 Å². The monoisotopic (exact) mass is 64.1 g/mol. The molecule has 0 radical (unpaired) electrons. The van der Waals surface area contributed by atoms with Gasteiger partial charge in [-0.25, -0.2) is 0 Å². The molecule has 0 amide bonds. The second kappa shape index (κ2) is 8.91. The standard InChI is InChI=1S/C3H5O.Li/c1-3-4-2;/h3H,1-2H2;/q-1;+1. The van der Waals surface area contributed by atoms with Crippen LogP contribution >= 0.6 is 0 Å². The maximum Gasteiger partial charge on any atom is 1.00 e. The Bertz CT molecular complexity index is 20.9. The van der Waals surface area contributed by atoms with Gasteiger partial charge in [-0.15, -0.1) is 0 Å². The van der Waals surface area contributed by atoms with Gasteiger partial charge in [-0.3, -0.25) is 0 Å². The van der Waals surface area contributed by atoms with Crippen LogP contribution in [0.4, 0.5) is 0 Å². The number of hydrogen-bond acceptors (Lipinski definition) is 1. The molecule has 24 valence electrons. The molecular formula is C3H5LiO. The normalized spacial score (nSPS) is 4.20. The Kier molecular flexibility index (Phi) is 15.9. The summed E-state index contributed by atoms with van der Waals surface area (Å²) in [5.74, 6) is 0. The molecule has 0 atom stereocenters. The fraction of sp³-hybridized carbons (Fsp3) is 0. The first-order valence-electron chi connectivity index (χ1n) is 0.933. The maximum absolute atomic E-state index is 4.06. The van der Waals surface area contributed by atoms with Gasteiger partial charge >= 0.3 is 18.9 Å². The van der Waals surface area contributed by atoms with Gasteiger partial charge in [0.15, 0.2) is 0 Å². The minimum Gasteiger partial charge on any atom is -0.671 e. The van der Waals surface area contributed by atoms with E-state index in [1.165, 1.54) is 6.26 Å². The molecular weight excluding hydrogens is 59.0 g/mol. The minimum absolute atomic E-state index is 0. The van der Waals surface area contributed by atoms with Gasteiger partial charge in [0.2, 0.25) is 0 Å². The molecule has 0 rings (SSSR count). The van der Waals surface area contributed by atoms with E-state index < -0.39 is 0 Å². The molecule has 1 nitrogen and oxygen atoms in total. The Labute approximate surface area is 44.2 Å². The van der Waals surface area contributed by atoms with Gasteiger partial charge in [0.05, 0.1) is 0 Å².